The lowest BCUT2D eigenvalue weighted by Crippen LogP contribution is -2.53. The number of rotatable bonds is 8. The zero-order valence-corrected chi connectivity index (χ0v) is 15.2. The minimum absolute atomic E-state index is 0.257. The van der Waals surface area contributed by atoms with Crippen LogP contribution >= 0.6 is 0 Å². The van der Waals surface area contributed by atoms with E-state index in [1.807, 2.05) is 0 Å². The lowest BCUT2D eigenvalue weighted by Gasteiger charge is -2.43. The van der Waals surface area contributed by atoms with E-state index in [2.05, 4.69) is 38.0 Å². The van der Waals surface area contributed by atoms with Gasteiger partial charge in [-0.05, 0) is 51.1 Å². The molecule has 0 spiro atoms. The van der Waals surface area contributed by atoms with E-state index in [0.717, 1.165) is 18.9 Å². The Morgan fingerprint density at radius 1 is 1.29 bits per heavy atom. The van der Waals surface area contributed by atoms with Gasteiger partial charge in [-0.25, -0.2) is 8.42 Å². The fourth-order valence-corrected chi connectivity index (χ4v) is 3.93. The summed E-state index contributed by atoms with van der Waals surface area (Å²) in [6.45, 7) is 8.48. The normalized spacial score (nSPS) is 27.5. The molecule has 1 fully saturated rings. The molecular formula is C16H34N2O2S. The minimum atomic E-state index is -2.88. The van der Waals surface area contributed by atoms with Gasteiger partial charge in [0, 0.05) is 24.9 Å². The van der Waals surface area contributed by atoms with Crippen LogP contribution in [0.4, 0.5) is 0 Å². The Kier molecular flexibility index (Phi) is 7.65. The van der Waals surface area contributed by atoms with E-state index < -0.39 is 9.84 Å². The molecule has 0 aromatic rings. The third-order valence-electron chi connectivity index (χ3n) is 4.84. The van der Waals surface area contributed by atoms with Crippen molar-refractivity contribution >= 4 is 9.84 Å². The average molecular weight is 319 g/mol. The van der Waals surface area contributed by atoms with Crippen LogP contribution in [0.15, 0.2) is 0 Å². The van der Waals surface area contributed by atoms with Crippen molar-refractivity contribution in [2.75, 3.05) is 32.1 Å². The van der Waals surface area contributed by atoms with Crippen molar-refractivity contribution in [2.24, 2.45) is 11.8 Å². The molecule has 126 valence electrons. The maximum Gasteiger partial charge on any atom is 0.148 e. The highest BCUT2D eigenvalue weighted by atomic mass is 32.2. The minimum Gasteiger partial charge on any atom is -0.312 e. The first-order chi connectivity index (χ1) is 9.74. The van der Waals surface area contributed by atoms with Gasteiger partial charge < -0.3 is 10.2 Å². The molecule has 3 atom stereocenters. The standard InChI is InChI=1S/C16H34N2O2S/c1-6-9-17-15-8-7-14(13(2)3)12-16(15)18(4)10-11-21(5,19)20/h13-17H,6-12H2,1-5H3. The van der Waals surface area contributed by atoms with Crippen LogP contribution in [-0.4, -0.2) is 57.5 Å². The molecule has 0 saturated heterocycles. The topological polar surface area (TPSA) is 49.4 Å². The third-order valence-corrected chi connectivity index (χ3v) is 5.76. The van der Waals surface area contributed by atoms with Gasteiger partial charge in [0.1, 0.15) is 9.84 Å². The van der Waals surface area contributed by atoms with Gasteiger partial charge in [-0.1, -0.05) is 20.8 Å². The Hall–Kier alpha value is -0.130. The van der Waals surface area contributed by atoms with Crippen LogP contribution in [0.3, 0.4) is 0 Å². The molecule has 1 N–H and O–H groups in total. The first kappa shape index (κ1) is 18.9. The predicted octanol–water partition coefficient (Wildman–Crippen LogP) is 2.16. The Balaban J connectivity index is 2.67. The second-order valence-electron chi connectivity index (χ2n) is 7.06. The van der Waals surface area contributed by atoms with Gasteiger partial charge in [-0.3, -0.25) is 0 Å². The molecule has 4 nitrogen and oxygen atoms in total. The van der Waals surface area contributed by atoms with Crippen LogP contribution < -0.4 is 5.32 Å². The van der Waals surface area contributed by atoms with Crippen molar-refractivity contribution in [3.05, 3.63) is 0 Å². The number of nitrogens with one attached hydrogen (secondary N) is 1. The van der Waals surface area contributed by atoms with E-state index in [9.17, 15) is 8.42 Å². The predicted molar refractivity (Wildman–Crippen MR) is 90.4 cm³/mol. The van der Waals surface area contributed by atoms with E-state index in [1.165, 1.54) is 25.5 Å². The van der Waals surface area contributed by atoms with Crippen LogP contribution in [0.1, 0.15) is 46.5 Å². The van der Waals surface area contributed by atoms with E-state index in [1.54, 1.807) is 0 Å². The first-order valence-electron chi connectivity index (χ1n) is 8.36. The Morgan fingerprint density at radius 3 is 2.48 bits per heavy atom. The van der Waals surface area contributed by atoms with Gasteiger partial charge in [0.15, 0.2) is 0 Å². The second kappa shape index (κ2) is 8.49. The molecule has 3 unspecified atom stereocenters. The van der Waals surface area contributed by atoms with Crippen molar-refractivity contribution in [2.45, 2.75) is 58.5 Å². The van der Waals surface area contributed by atoms with E-state index >= 15 is 0 Å². The van der Waals surface area contributed by atoms with Crippen molar-refractivity contribution in [3.8, 4) is 0 Å². The molecule has 1 saturated carbocycles. The fourth-order valence-electron chi connectivity index (χ4n) is 3.31. The largest absolute Gasteiger partial charge is 0.312 e. The van der Waals surface area contributed by atoms with E-state index in [-0.39, 0.29) is 5.75 Å². The summed E-state index contributed by atoms with van der Waals surface area (Å²) in [7, 11) is -0.802. The molecule has 0 aromatic carbocycles. The van der Waals surface area contributed by atoms with Crippen molar-refractivity contribution in [3.63, 3.8) is 0 Å². The first-order valence-corrected chi connectivity index (χ1v) is 10.4. The lowest BCUT2D eigenvalue weighted by molar-refractivity contribution is 0.107. The molecule has 0 amide bonds. The highest BCUT2D eigenvalue weighted by molar-refractivity contribution is 7.90. The van der Waals surface area contributed by atoms with Gasteiger partial charge in [0.05, 0.1) is 5.75 Å². The number of nitrogens with zero attached hydrogens (tertiary/aromatic N) is 1. The summed E-state index contributed by atoms with van der Waals surface area (Å²) in [6.07, 6.45) is 6.14. The zero-order valence-electron chi connectivity index (χ0n) is 14.4. The van der Waals surface area contributed by atoms with Crippen molar-refractivity contribution in [1.82, 2.24) is 10.2 Å². The van der Waals surface area contributed by atoms with Crippen LogP contribution in [0, 0.1) is 11.8 Å². The van der Waals surface area contributed by atoms with Gasteiger partial charge in [-0.15, -0.1) is 0 Å². The number of likely N-dealkylation sites (N-methyl/N-ethyl adjacent to an activating group) is 1. The maximum atomic E-state index is 11.4. The summed E-state index contributed by atoms with van der Waals surface area (Å²) in [5.74, 6) is 1.73. The Morgan fingerprint density at radius 2 is 1.95 bits per heavy atom. The molecule has 1 aliphatic carbocycles. The molecule has 21 heavy (non-hydrogen) atoms. The number of hydrogen-bond donors (Lipinski definition) is 1. The lowest BCUT2D eigenvalue weighted by atomic mass is 9.76. The van der Waals surface area contributed by atoms with Crippen LogP contribution in [0.5, 0.6) is 0 Å². The Labute approximate surface area is 131 Å². The maximum absolute atomic E-state index is 11.4. The smallest absolute Gasteiger partial charge is 0.148 e. The molecule has 0 heterocycles. The summed E-state index contributed by atoms with van der Waals surface area (Å²) in [4.78, 5) is 2.27. The summed E-state index contributed by atoms with van der Waals surface area (Å²) in [5.41, 5.74) is 0. The molecule has 0 radical (unpaired) electrons. The Bertz CT molecular complexity index is 395. The van der Waals surface area contributed by atoms with Gasteiger partial charge in [0.2, 0.25) is 0 Å². The van der Waals surface area contributed by atoms with Crippen LogP contribution in [0.25, 0.3) is 0 Å². The molecule has 5 heteroatoms. The SMILES string of the molecule is CCCNC1CCC(C(C)C)CC1N(C)CCS(C)(=O)=O. The third kappa shape index (κ3) is 6.66. The highest BCUT2D eigenvalue weighted by Gasteiger charge is 2.33. The highest BCUT2D eigenvalue weighted by Crippen LogP contribution is 2.32. The molecule has 0 aliphatic heterocycles. The van der Waals surface area contributed by atoms with E-state index in [0.29, 0.717) is 24.5 Å². The van der Waals surface area contributed by atoms with Gasteiger partial charge in [0.25, 0.3) is 0 Å². The molecule has 1 rings (SSSR count). The van der Waals surface area contributed by atoms with Gasteiger partial charge in [-0.2, -0.15) is 0 Å². The van der Waals surface area contributed by atoms with E-state index in [4.69, 9.17) is 0 Å². The summed E-state index contributed by atoms with van der Waals surface area (Å²) in [6, 6.07) is 0.962. The monoisotopic (exact) mass is 318 g/mol. The van der Waals surface area contributed by atoms with Crippen LogP contribution in [0.2, 0.25) is 0 Å². The fraction of sp³-hybridized carbons (Fsp3) is 1.00. The molecule has 0 bridgehead atoms. The van der Waals surface area contributed by atoms with Crippen LogP contribution in [-0.2, 0) is 9.84 Å². The summed E-state index contributed by atoms with van der Waals surface area (Å²) < 4.78 is 22.8. The molecule has 1 aliphatic rings. The quantitative estimate of drug-likeness (QED) is 0.745. The molecule has 0 aromatic heterocycles. The zero-order chi connectivity index (χ0) is 16.0. The second-order valence-corrected chi connectivity index (χ2v) is 9.32. The summed E-state index contributed by atoms with van der Waals surface area (Å²) in [5, 5.41) is 3.67. The average Bonchev–Trinajstić information content (AvgIpc) is 2.41. The molecular weight excluding hydrogens is 284 g/mol. The summed E-state index contributed by atoms with van der Waals surface area (Å²) >= 11 is 0. The van der Waals surface area contributed by atoms with Gasteiger partial charge >= 0.3 is 0 Å². The van der Waals surface area contributed by atoms with Crippen molar-refractivity contribution in [1.29, 1.82) is 0 Å². The van der Waals surface area contributed by atoms with Crippen molar-refractivity contribution < 1.29 is 8.42 Å². The number of sulfone groups is 1. The number of hydrogen-bond acceptors (Lipinski definition) is 4.